The van der Waals surface area contributed by atoms with E-state index in [0.717, 1.165) is 16.5 Å². The zero-order valence-corrected chi connectivity index (χ0v) is 18.4. The minimum atomic E-state index is -0.722. The monoisotopic (exact) mass is 439 g/mol. The maximum Gasteiger partial charge on any atom is 0.253 e. The second kappa shape index (κ2) is 9.12. The number of hydrogen-bond acceptors (Lipinski definition) is 3. The third kappa shape index (κ3) is 4.75. The number of H-pyrrole nitrogens is 1. The average Bonchev–Trinajstić information content (AvgIpc) is 3.15. The molecule has 2 amide bonds. The predicted molar refractivity (Wildman–Crippen MR) is 121 cm³/mol. The first-order valence-corrected chi connectivity index (χ1v) is 10.8. The molecule has 0 spiro atoms. The van der Waals surface area contributed by atoms with Gasteiger partial charge in [-0.05, 0) is 37.6 Å². The van der Waals surface area contributed by atoms with Crippen LogP contribution in [0.2, 0.25) is 5.02 Å². The molecule has 2 N–H and O–H groups in total. The summed E-state index contributed by atoms with van der Waals surface area (Å²) in [6.07, 6.45) is 2.16. The number of fused-ring (bicyclic) bond motifs is 1. The van der Waals surface area contributed by atoms with Gasteiger partial charge in [-0.1, -0.05) is 41.9 Å². The van der Waals surface area contributed by atoms with E-state index in [2.05, 4.69) is 10.3 Å². The highest BCUT2D eigenvalue weighted by Gasteiger charge is 2.32. The first-order chi connectivity index (χ1) is 14.9. The Balaban J connectivity index is 1.62. The van der Waals surface area contributed by atoms with Gasteiger partial charge in [0.25, 0.3) is 5.91 Å². The zero-order chi connectivity index (χ0) is 22.0. The van der Waals surface area contributed by atoms with Gasteiger partial charge in [-0.3, -0.25) is 9.59 Å². The lowest BCUT2D eigenvalue weighted by Crippen LogP contribution is -2.55. The Morgan fingerprint density at radius 1 is 1.13 bits per heavy atom. The molecule has 4 rings (SSSR count). The molecule has 3 aromatic rings. The summed E-state index contributed by atoms with van der Waals surface area (Å²) in [4.78, 5) is 31.5. The van der Waals surface area contributed by atoms with Gasteiger partial charge in [0.2, 0.25) is 5.91 Å². The van der Waals surface area contributed by atoms with Crippen molar-refractivity contribution in [2.45, 2.75) is 38.5 Å². The Morgan fingerprint density at radius 2 is 1.81 bits per heavy atom. The number of amides is 2. The van der Waals surface area contributed by atoms with Crippen LogP contribution in [0.3, 0.4) is 0 Å². The normalized spacial score (nSPS) is 19.9. The third-order valence-corrected chi connectivity index (χ3v) is 5.88. The maximum absolute atomic E-state index is 13.5. The van der Waals surface area contributed by atoms with Crippen LogP contribution >= 0.6 is 11.6 Å². The summed E-state index contributed by atoms with van der Waals surface area (Å²) in [6.45, 7) is 4.89. The largest absolute Gasteiger partial charge is 0.372 e. The van der Waals surface area contributed by atoms with E-state index in [1.54, 1.807) is 29.2 Å². The topological polar surface area (TPSA) is 74.4 Å². The minimum absolute atomic E-state index is 0.0549. The van der Waals surface area contributed by atoms with Crippen LogP contribution in [0.5, 0.6) is 0 Å². The molecule has 0 bridgehead atoms. The summed E-state index contributed by atoms with van der Waals surface area (Å²) in [5.74, 6) is -0.481. The Labute approximate surface area is 186 Å². The molecule has 1 aliphatic heterocycles. The number of para-hydroxylation sites is 1. The van der Waals surface area contributed by atoms with Crippen LogP contribution in [-0.4, -0.2) is 53.0 Å². The Hall–Kier alpha value is -2.83. The molecule has 3 atom stereocenters. The van der Waals surface area contributed by atoms with Gasteiger partial charge < -0.3 is 19.9 Å². The van der Waals surface area contributed by atoms with E-state index < -0.39 is 6.04 Å². The van der Waals surface area contributed by atoms with Gasteiger partial charge in [-0.25, -0.2) is 0 Å². The van der Waals surface area contributed by atoms with Crippen molar-refractivity contribution in [3.05, 3.63) is 70.9 Å². The highest BCUT2D eigenvalue weighted by atomic mass is 35.5. The highest BCUT2D eigenvalue weighted by Crippen LogP contribution is 2.21. The molecule has 2 heterocycles. The fourth-order valence-electron chi connectivity index (χ4n) is 4.18. The Kier molecular flexibility index (Phi) is 6.30. The number of halogens is 1. The predicted octanol–water partition coefficient (Wildman–Crippen LogP) is 3.80. The summed E-state index contributed by atoms with van der Waals surface area (Å²) < 4.78 is 5.77. The number of morpholine rings is 1. The molecule has 1 aromatic heterocycles. The van der Waals surface area contributed by atoms with Crippen LogP contribution in [0, 0.1) is 0 Å². The molecule has 31 heavy (non-hydrogen) atoms. The Bertz CT molecular complexity index is 1090. The molecule has 2 aromatic carbocycles. The van der Waals surface area contributed by atoms with Crippen molar-refractivity contribution in [1.82, 2.24) is 15.2 Å². The van der Waals surface area contributed by atoms with Crippen LogP contribution in [0.4, 0.5) is 0 Å². The number of carbonyl (C=O) groups excluding carboxylic acids is 2. The van der Waals surface area contributed by atoms with Crippen molar-refractivity contribution in [3.63, 3.8) is 0 Å². The van der Waals surface area contributed by atoms with E-state index in [4.69, 9.17) is 16.3 Å². The first kappa shape index (κ1) is 21.4. The lowest BCUT2D eigenvalue weighted by atomic mass is 10.0. The number of rotatable bonds is 5. The lowest BCUT2D eigenvalue weighted by Gasteiger charge is -2.37. The van der Waals surface area contributed by atoms with Gasteiger partial charge in [0.05, 0.1) is 22.8 Å². The van der Waals surface area contributed by atoms with Crippen molar-refractivity contribution in [2.24, 2.45) is 0 Å². The van der Waals surface area contributed by atoms with E-state index in [1.807, 2.05) is 44.3 Å². The van der Waals surface area contributed by atoms with Crippen LogP contribution in [0.25, 0.3) is 10.9 Å². The van der Waals surface area contributed by atoms with Gasteiger partial charge in [0.15, 0.2) is 0 Å². The molecule has 2 unspecified atom stereocenters. The van der Waals surface area contributed by atoms with Crippen LogP contribution < -0.4 is 5.32 Å². The van der Waals surface area contributed by atoms with Gasteiger partial charge >= 0.3 is 0 Å². The molecule has 6 nitrogen and oxygen atoms in total. The summed E-state index contributed by atoms with van der Waals surface area (Å²) in [5, 5.41) is 4.33. The molecule has 0 aliphatic carbocycles. The Morgan fingerprint density at radius 3 is 2.55 bits per heavy atom. The van der Waals surface area contributed by atoms with Gasteiger partial charge in [0.1, 0.15) is 6.04 Å². The molecule has 7 heteroatoms. The zero-order valence-electron chi connectivity index (χ0n) is 17.6. The van der Waals surface area contributed by atoms with Crippen molar-refractivity contribution < 1.29 is 14.3 Å². The third-order valence-electron chi connectivity index (χ3n) is 5.55. The number of ether oxygens (including phenoxy) is 1. The number of carbonyl (C=O) groups is 2. The fraction of sp³-hybridized carbons (Fsp3) is 0.333. The number of aromatic nitrogens is 1. The molecule has 1 aliphatic rings. The van der Waals surface area contributed by atoms with E-state index in [0.29, 0.717) is 30.1 Å². The second-order valence-electron chi connectivity index (χ2n) is 8.07. The van der Waals surface area contributed by atoms with Crippen LogP contribution in [0.15, 0.2) is 54.7 Å². The number of hydrogen-bond donors (Lipinski definition) is 2. The number of nitrogens with one attached hydrogen (secondary N) is 2. The summed E-state index contributed by atoms with van der Waals surface area (Å²) in [7, 11) is 0. The van der Waals surface area contributed by atoms with Crippen LogP contribution in [0.1, 0.15) is 29.8 Å². The first-order valence-electron chi connectivity index (χ1n) is 10.5. The second-order valence-corrected chi connectivity index (χ2v) is 8.48. The molecular weight excluding hydrogens is 414 g/mol. The summed E-state index contributed by atoms with van der Waals surface area (Å²) in [5.41, 5.74) is 2.32. The minimum Gasteiger partial charge on any atom is -0.372 e. The molecule has 1 saturated heterocycles. The fourth-order valence-corrected chi connectivity index (χ4v) is 4.40. The molecular formula is C24H26ClN3O3. The average molecular weight is 440 g/mol. The van der Waals surface area contributed by atoms with E-state index in [-0.39, 0.29) is 24.0 Å². The van der Waals surface area contributed by atoms with Gasteiger partial charge in [-0.15, -0.1) is 0 Å². The maximum atomic E-state index is 13.5. The van der Waals surface area contributed by atoms with Crippen LogP contribution in [-0.2, 0) is 16.0 Å². The van der Waals surface area contributed by atoms with E-state index >= 15 is 0 Å². The molecule has 162 valence electrons. The molecule has 0 saturated carbocycles. The molecule has 0 radical (unpaired) electrons. The number of benzene rings is 2. The van der Waals surface area contributed by atoms with Crippen molar-refractivity contribution in [3.8, 4) is 0 Å². The lowest BCUT2D eigenvalue weighted by molar-refractivity contribution is -0.145. The smallest absolute Gasteiger partial charge is 0.253 e. The number of nitrogens with zero attached hydrogens (tertiary/aromatic N) is 1. The number of aromatic amines is 1. The highest BCUT2D eigenvalue weighted by molar-refractivity contribution is 6.33. The van der Waals surface area contributed by atoms with E-state index in [1.165, 1.54) is 0 Å². The summed E-state index contributed by atoms with van der Waals surface area (Å²) >= 11 is 6.21. The quantitative estimate of drug-likeness (QED) is 0.635. The van der Waals surface area contributed by atoms with Crippen molar-refractivity contribution in [1.29, 1.82) is 0 Å². The van der Waals surface area contributed by atoms with Crippen molar-refractivity contribution in [2.75, 3.05) is 13.1 Å². The van der Waals surface area contributed by atoms with Gasteiger partial charge in [0, 0.05) is 36.6 Å². The summed E-state index contributed by atoms with van der Waals surface area (Å²) in [6, 6.07) is 14.0. The SMILES string of the molecule is CC1CN(C(=O)[C@H](Cc2c[nH]c3ccccc23)NC(=O)c2ccccc2Cl)CC(C)O1. The standard InChI is InChI=1S/C24H26ClN3O3/c1-15-13-28(14-16(2)31-15)24(30)22(27-23(29)19-8-3-5-9-20(19)25)11-17-12-26-21-10-6-4-7-18(17)21/h3-10,12,15-16,22,26H,11,13-14H2,1-2H3,(H,27,29)/t15?,16?,22-/m0/s1. The van der Waals surface area contributed by atoms with E-state index in [9.17, 15) is 9.59 Å². The van der Waals surface area contributed by atoms with Gasteiger partial charge in [-0.2, -0.15) is 0 Å². The van der Waals surface area contributed by atoms with Crippen molar-refractivity contribution >= 4 is 34.3 Å². The molecule has 1 fully saturated rings.